The van der Waals surface area contributed by atoms with Crippen LogP contribution < -0.4 is 5.32 Å². The summed E-state index contributed by atoms with van der Waals surface area (Å²) in [5.74, 6) is -2.12. The minimum atomic E-state index is -2.31. The number of aryl methyl sites for hydroxylation is 1. The zero-order valence-corrected chi connectivity index (χ0v) is 20.4. The van der Waals surface area contributed by atoms with E-state index in [-0.39, 0.29) is 30.8 Å². The SMILES string of the molecule is Cc1cc(CN2CCN(C=O)[C@@H](C)C2)c(C)c(Nc2nnc(C(C)O)o2)c1.FC1(F)CCCC1. The first-order valence-electron chi connectivity index (χ1n) is 11.8. The van der Waals surface area contributed by atoms with Crippen molar-refractivity contribution in [2.75, 3.05) is 25.0 Å². The molecule has 1 saturated carbocycles. The van der Waals surface area contributed by atoms with Gasteiger partial charge in [-0.3, -0.25) is 9.69 Å². The molecule has 0 bridgehead atoms. The normalized spacial score (nSPS) is 21.0. The quantitative estimate of drug-likeness (QED) is 0.595. The third-order valence-electron chi connectivity index (χ3n) is 6.33. The monoisotopic (exact) mass is 479 g/mol. The molecule has 188 valence electrons. The van der Waals surface area contributed by atoms with Crippen LogP contribution in [0.1, 0.15) is 68.2 Å². The van der Waals surface area contributed by atoms with Gasteiger partial charge in [-0.1, -0.05) is 11.2 Å². The Bertz CT molecular complexity index is 958. The fourth-order valence-corrected chi connectivity index (χ4v) is 4.28. The highest BCUT2D eigenvalue weighted by atomic mass is 19.3. The van der Waals surface area contributed by atoms with E-state index in [2.05, 4.69) is 47.3 Å². The average Bonchev–Trinajstić information content (AvgIpc) is 3.40. The van der Waals surface area contributed by atoms with Gasteiger partial charge in [-0.15, -0.1) is 5.10 Å². The van der Waals surface area contributed by atoms with Crippen LogP contribution >= 0.6 is 0 Å². The molecule has 8 nitrogen and oxygen atoms in total. The van der Waals surface area contributed by atoms with Crippen molar-refractivity contribution in [1.29, 1.82) is 0 Å². The number of carbonyl (C=O) groups excluding carboxylic acids is 1. The molecule has 10 heteroatoms. The predicted octanol–water partition coefficient (Wildman–Crippen LogP) is 4.34. The van der Waals surface area contributed by atoms with Crippen molar-refractivity contribution in [1.82, 2.24) is 20.0 Å². The molecule has 1 aromatic heterocycles. The van der Waals surface area contributed by atoms with Gasteiger partial charge in [-0.05, 0) is 63.3 Å². The standard InChI is InChI=1S/C19H27N5O3.C5H8F2/c1-12-7-16(10-23-5-6-24(11-25)13(2)9-23)14(3)17(8-12)20-19-22-21-18(27-19)15(4)26;6-5(7)3-1-2-4-5/h7-8,11,13,15,26H,5-6,9-10H2,1-4H3,(H,20,22);1-4H2/t13-,15?;/m0./s1. The minimum Gasteiger partial charge on any atom is -0.405 e. The third-order valence-corrected chi connectivity index (χ3v) is 6.33. The number of amides is 1. The molecular formula is C24H35F2N5O3. The van der Waals surface area contributed by atoms with Gasteiger partial charge in [-0.25, -0.2) is 8.78 Å². The highest BCUT2D eigenvalue weighted by Crippen LogP contribution is 2.34. The van der Waals surface area contributed by atoms with Crippen LogP contribution in [0.15, 0.2) is 16.5 Å². The first-order valence-corrected chi connectivity index (χ1v) is 11.8. The molecule has 34 heavy (non-hydrogen) atoms. The molecule has 1 saturated heterocycles. The number of nitrogens with one attached hydrogen (secondary N) is 1. The van der Waals surface area contributed by atoms with Crippen LogP contribution in [0.25, 0.3) is 0 Å². The summed E-state index contributed by atoms with van der Waals surface area (Å²) in [7, 11) is 0. The van der Waals surface area contributed by atoms with Crippen molar-refractivity contribution >= 4 is 18.1 Å². The molecule has 2 atom stereocenters. The molecule has 2 aromatic rings. The molecule has 0 radical (unpaired) electrons. The number of hydrogen-bond acceptors (Lipinski definition) is 7. The first-order chi connectivity index (χ1) is 16.1. The molecule has 1 aliphatic carbocycles. The second-order valence-electron chi connectivity index (χ2n) is 9.33. The Hall–Kier alpha value is -2.59. The van der Waals surface area contributed by atoms with Crippen LogP contribution in [0.5, 0.6) is 0 Å². The maximum Gasteiger partial charge on any atom is 0.320 e. The minimum absolute atomic E-state index is 0.118. The van der Waals surface area contributed by atoms with Gasteiger partial charge in [-0.2, -0.15) is 0 Å². The lowest BCUT2D eigenvalue weighted by Crippen LogP contribution is -2.50. The van der Waals surface area contributed by atoms with Crippen LogP contribution in [0.2, 0.25) is 0 Å². The topological polar surface area (TPSA) is 94.7 Å². The van der Waals surface area contributed by atoms with E-state index in [1.165, 1.54) is 5.56 Å². The van der Waals surface area contributed by atoms with E-state index in [4.69, 9.17) is 4.42 Å². The lowest BCUT2D eigenvalue weighted by atomic mass is 10.0. The predicted molar refractivity (Wildman–Crippen MR) is 125 cm³/mol. The van der Waals surface area contributed by atoms with Gasteiger partial charge in [0.25, 0.3) is 0 Å². The average molecular weight is 480 g/mol. The molecule has 2 fully saturated rings. The Morgan fingerprint density at radius 3 is 2.50 bits per heavy atom. The number of alkyl halides is 2. The van der Waals surface area contributed by atoms with Crippen molar-refractivity contribution in [2.45, 2.75) is 78.0 Å². The number of halogens is 2. The second kappa shape index (κ2) is 11.2. The first kappa shape index (κ1) is 26.0. The van der Waals surface area contributed by atoms with Gasteiger partial charge in [0, 0.05) is 50.7 Å². The van der Waals surface area contributed by atoms with Gasteiger partial charge in [0.15, 0.2) is 0 Å². The van der Waals surface area contributed by atoms with Gasteiger partial charge in [0.1, 0.15) is 6.10 Å². The molecule has 1 amide bonds. The zero-order valence-electron chi connectivity index (χ0n) is 20.4. The number of piperazine rings is 1. The van der Waals surface area contributed by atoms with Crippen molar-refractivity contribution in [3.05, 3.63) is 34.7 Å². The van der Waals surface area contributed by atoms with E-state index in [9.17, 15) is 18.7 Å². The van der Waals surface area contributed by atoms with E-state index in [0.717, 1.165) is 49.4 Å². The van der Waals surface area contributed by atoms with Crippen LogP contribution in [0, 0.1) is 13.8 Å². The number of carbonyl (C=O) groups is 1. The number of hydrogen-bond donors (Lipinski definition) is 2. The number of aliphatic hydroxyl groups is 1. The number of rotatable bonds is 6. The van der Waals surface area contributed by atoms with Crippen LogP contribution in [0.4, 0.5) is 20.5 Å². The molecule has 1 aliphatic heterocycles. The van der Waals surface area contributed by atoms with Crippen LogP contribution in [0.3, 0.4) is 0 Å². The van der Waals surface area contributed by atoms with Gasteiger partial charge < -0.3 is 19.7 Å². The Kier molecular flexibility index (Phi) is 8.59. The van der Waals surface area contributed by atoms with Gasteiger partial charge >= 0.3 is 6.01 Å². The fraction of sp³-hybridized carbons (Fsp3) is 0.625. The number of nitrogens with zero attached hydrogens (tertiary/aromatic N) is 4. The summed E-state index contributed by atoms with van der Waals surface area (Å²) in [4.78, 5) is 15.3. The summed E-state index contributed by atoms with van der Waals surface area (Å²) < 4.78 is 29.3. The number of aromatic nitrogens is 2. The molecule has 2 heterocycles. The molecule has 2 N–H and O–H groups in total. The lowest BCUT2D eigenvalue weighted by molar-refractivity contribution is -0.122. The Labute approximate surface area is 199 Å². The molecule has 1 unspecified atom stereocenters. The maximum absolute atomic E-state index is 11.9. The summed E-state index contributed by atoms with van der Waals surface area (Å²) in [5.41, 5.74) is 4.38. The van der Waals surface area contributed by atoms with Crippen molar-refractivity contribution < 1.29 is 23.1 Å². The molecule has 1 aromatic carbocycles. The smallest absolute Gasteiger partial charge is 0.320 e. The molecular weight excluding hydrogens is 444 g/mol. The van der Waals surface area contributed by atoms with Crippen molar-refractivity contribution in [2.24, 2.45) is 0 Å². The Morgan fingerprint density at radius 2 is 1.97 bits per heavy atom. The Balaban J connectivity index is 0.000000396. The van der Waals surface area contributed by atoms with E-state index in [0.29, 0.717) is 12.8 Å². The maximum atomic E-state index is 11.9. The summed E-state index contributed by atoms with van der Waals surface area (Å²) in [5, 5.41) is 20.5. The van der Waals surface area contributed by atoms with Crippen LogP contribution in [-0.2, 0) is 11.3 Å². The highest BCUT2D eigenvalue weighted by Gasteiger charge is 2.32. The molecule has 2 aliphatic rings. The van der Waals surface area contributed by atoms with Crippen LogP contribution in [-0.4, -0.2) is 63.1 Å². The van der Waals surface area contributed by atoms with Crippen molar-refractivity contribution in [3.8, 4) is 0 Å². The number of benzene rings is 1. The van der Waals surface area contributed by atoms with E-state index in [1.54, 1.807) is 6.92 Å². The third kappa shape index (κ3) is 6.96. The number of anilines is 2. The van der Waals surface area contributed by atoms with E-state index >= 15 is 0 Å². The lowest BCUT2D eigenvalue weighted by Gasteiger charge is -2.38. The molecule has 4 rings (SSSR count). The Morgan fingerprint density at radius 1 is 1.26 bits per heavy atom. The van der Waals surface area contributed by atoms with E-state index < -0.39 is 12.0 Å². The van der Waals surface area contributed by atoms with Gasteiger partial charge in [0.05, 0.1) is 0 Å². The summed E-state index contributed by atoms with van der Waals surface area (Å²) in [6.45, 7) is 11.1. The summed E-state index contributed by atoms with van der Waals surface area (Å²) in [6.07, 6.45) is 1.81. The van der Waals surface area contributed by atoms with Crippen molar-refractivity contribution in [3.63, 3.8) is 0 Å². The molecule has 0 spiro atoms. The second-order valence-corrected chi connectivity index (χ2v) is 9.33. The highest BCUT2D eigenvalue weighted by molar-refractivity contribution is 5.61. The summed E-state index contributed by atoms with van der Waals surface area (Å²) in [6, 6.07) is 4.71. The van der Waals surface area contributed by atoms with E-state index in [1.807, 2.05) is 11.0 Å². The fourth-order valence-electron chi connectivity index (χ4n) is 4.28. The summed E-state index contributed by atoms with van der Waals surface area (Å²) >= 11 is 0. The number of aliphatic hydroxyl groups excluding tert-OH is 1. The zero-order chi connectivity index (χ0) is 24.9. The largest absolute Gasteiger partial charge is 0.405 e. The van der Waals surface area contributed by atoms with Gasteiger partial charge in [0.2, 0.25) is 18.2 Å².